The van der Waals surface area contributed by atoms with Gasteiger partial charge in [0.25, 0.3) is 0 Å². The largest absolute Gasteiger partial charge is 0.392 e. The van der Waals surface area contributed by atoms with Gasteiger partial charge in [0.2, 0.25) is 0 Å². The molecule has 2 heteroatoms. The van der Waals surface area contributed by atoms with Crippen molar-refractivity contribution in [3.8, 4) is 0 Å². The third-order valence-corrected chi connectivity index (χ3v) is 8.50. The van der Waals surface area contributed by atoms with Crippen molar-refractivity contribution in [3.05, 3.63) is 0 Å². The Morgan fingerprint density at radius 3 is 1.47 bits per heavy atom. The molecule has 1 aliphatic carbocycles. The summed E-state index contributed by atoms with van der Waals surface area (Å²) in [6, 6.07) is 0. The lowest BCUT2D eigenvalue weighted by molar-refractivity contribution is 0.0403. The molecule has 15 heavy (non-hydrogen) atoms. The SMILES string of the molecule is C[C@@H]1[C@@H](C)C1(C(O)C(C)(C)C)[Si](C)(C)C. The summed E-state index contributed by atoms with van der Waals surface area (Å²) in [6.45, 7) is 18.3. The Bertz CT molecular complexity index is 238. The molecule has 0 aromatic rings. The van der Waals surface area contributed by atoms with Crippen LogP contribution in [0.3, 0.4) is 0 Å². The minimum atomic E-state index is -1.32. The van der Waals surface area contributed by atoms with Crippen LogP contribution in [0.25, 0.3) is 0 Å². The highest BCUT2D eigenvalue weighted by atomic mass is 28.3. The molecular formula is C13H28OSi. The van der Waals surface area contributed by atoms with E-state index in [0.717, 1.165) is 0 Å². The average molecular weight is 228 g/mol. The predicted molar refractivity (Wildman–Crippen MR) is 69.8 cm³/mol. The van der Waals surface area contributed by atoms with E-state index in [4.69, 9.17) is 0 Å². The van der Waals surface area contributed by atoms with Gasteiger partial charge in [-0.05, 0) is 22.3 Å². The van der Waals surface area contributed by atoms with Gasteiger partial charge in [-0.3, -0.25) is 0 Å². The molecule has 0 amide bonds. The van der Waals surface area contributed by atoms with Gasteiger partial charge in [0.1, 0.15) is 0 Å². The van der Waals surface area contributed by atoms with Crippen LogP contribution in [0.15, 0.2) is 0 Å². The molecule has 1 N–H and O–H groups in total. The van der Waals surface area contributed by atoms with Gasteiger partial charge < -0.3 is 5.11 Å². The Kier molecular flexibility index (Phi) is 2.94. The highest BCUT2D eigenvalue weighted by molar-refractivity contribution is 6.80. The van der Waals surface area contributed by atoms with Gasteiger partial charge in [0.15, 0.2) is 0 Å². The first-order valence-corrected chi connectivity index (χ1v) is 9.65. The maximum absolute atomic E-state index is 10.7. The molecule has 1 rings (SSSR count). The monoisotopic (exact) mass is 228 g/mol. The highest BCUT2D eigenvalue weighted by Crippen LogP contribution is 2.74. The van der Waals surface area contributed by atoms with Crippen LogP contribution < -0.4 is 0 Å². The summed E-state index contributed by atoms with van der Waals surface area (Å²) in [4.78, 5) is 0. The average Bonchev–Trinajstić information content (AvgIpc) is 2.52. The van der Waals surface area contributed by atoms with Crippen LogP contribution in [-0.4, -0.2) is 19.3 Å². The van der Waals surface area contributed by atoms with Crippen LogP contribution in [0.2, 0.25) is 24.7 Å². The van der Waals surface area contributed by atoms with E-state index in [1.165, 1.54) is 0 Å². The summed E-state index contributed by atoms with van der Waals surface area (Å²) in [7, 11) is -1.32. The molecule has 0 bridgehead atoms. The zero-order valence-electron chi connectivity index (χ0n) is 11.7. The van der Waals surface area contributed by atoms with Gasteiger partial charge in [0.05, 0.1) is 14.2 Å². The maximum Gasteiger partial charge on any atom is 0.0626 e. The first-order valence-electron chi connectivity index (χ1n) is 6.15. The van der Waals surface area contributed by atoms with Gasteiger partial charge in [-0.15, -0.1) is 0 Å². The fourth-order valence-electron chi connectivity index (χ4n) is 3.80. The Balaban J connectivity index is 3.08. The molecule has 3 atom stereocenters. The fraction of sp³-hybridized carbons (Fsp3) is 1.00. The topological polar surface area (TPSA) is 20.2 Å². The van der Waals surface area contributed by atoms with Gasteiger partial charge in [0, 0.05) is 0 Å². The van der Waals surface area contributed by atoms with Crippen LogP contribution in [0.5, 0.6) is 0 Å². The van der Waals surface area contributed by atoms with E-state index in [9.17, 15) is 5.11 Å². The third-order valence-electron chi connectivity index (χ3n) is 4.72. The summed E-state index contributed by atoms with van der Waals surface area (Å²) in [5.41, 5.74) is 0.0132. The Morgan fingerprint density at radius 1 is 1.07 bits per heavy atom. The number of aliphatic hydroxyl groups excluding tert-OH is 1. The van der Waals surface area contributed by atoms with E-state index in [0.29, 0.717) is 11.8 Å². The highest BCUT2D eigenvalue weighted by Gasteiger charge is 2.70. The lowest BCUT2D eigenvalue weighted by Crippen LogP contribution is -2.46. The van der Waals surface area contributed by atoms with Crippen molar-refractivity contribution in [1.82, 2.24) is 0 Å². The Hall–Kier alpha value is 0.177. The second-order valence-corrected chi connectivity index (χ2v) is 12.9. The van der Waals surface area contributed by atoms with Gasteiger partial charge in [-0.2, -0.15) is 0 Å². The van der Waals surface area contributed by atoms with Crippen LogP contribution in [-0.2, 0) is 0 Å². The molecule has 0 aromatic heterocycles. The van der Waals surface area contributed by atoms with Crippen molar-refractivity contribution >= 4 is 8.07 Å². The van der Waals surface area contributed by atoms with Crippen molar-refractivity contribution in [2.45, 2.75) is 65.4 Å². The molecule has 0 saturated heterocycles. The number of hydrogen-bond donors (Lipinski definition) is 1. The van der Waals surface area contributed by atoms with E-state index in [1.807, 2.05) is 0 Å². The molecule has 1 aliphatic rings. The zero-order chi connectivity index (χ0) is 12.2. The summed E-state index contributed by atoms with van der Waals surface area (Å²) in [5, 5.41) is 10.9. The standard InChI is InChI=1S/C13H28OSi/c1-9-10(2)13(9,15(6,7)8)11(14)12(3,4)5/h9-11,14H,1-8H3/t9-,10-,11?/m1/s1. The van der Waals surface area contributed by atoms with Gasteiger partial charge in [-0.1, -0.05) is 54.3 Å². The molecule has 1 saturated carbocycles. The van der Waals surface area contributed by atoms with Gasteiger partial charge >= 0.3 is 0 Å². The maximum atomic E-state index is 10.7. The van der Waals surface area contributed by atoms with Crippen molar-refractivity contribution in [1.29, 1.82) is 0 Å². The number of hydrogen-bond acceptors (Lipinski definition) is 1. The quantitative estimate of drug-likeness (QED) is 0.714. The van der Waals surface area contributed by atoms with E-state index >= 15 is 0 Å². The number of aliphatic hydroxyl groups is 1. The second-order valence-electron chi connectivity index (χ2n) is 7.53. The van der Waals surface area contributed by atoms with Crippen LogP contribution >= 0.6 is 0 Å². The molecular weight excluding hydrogens is 200 g/mol. The molecule has 0 aromatic carbocycles. The van der Waals surface area contributed by atoms with E-state index in [-0.39, 0.29) is 16.6 Å². The van der Waals surface area contributed by atoms with Crippen molar-refractivity contribution in [2.24, 2.45) is 17.3 Å². The third kappa shape index (κ3) is 1.70. The second kappa shape index (κ2) is 3.33. The molecule has 0 spiro atoms. The molecule has 0 heterocycles. The smallest absolute Gasteiger partial charge is 0.0626 e. The number of rotatable bonds is 2. The van der Waals surface area contributed by atoms with E-state index in [2.05, 4.69) is 54.3 Å². The Morgan fingerprint density at radius 2 is 1.40 bits per heavy atom. The Labute approximate surface area is 96.3 Å². The minimum absolute atomic E-state index is 0.0132. The zero-order valence-corrected chi connectivity index (χ0v) is 12.7. The molecule has 1 nitrogen and oxygen atoms in total. The lowest BCUT2D eigenvalue weighted by atomic mass is 9.84. The lowest BCUT2D eigenvalue weighted by Gasteiger charge is -2.42. The first kappa shape index (κ1) is 13.2. The summed E-state index contributed by atoms with van der Waals surface area (Å²) in [5.74, 6) is 1.39. The minimum Gasteiger partial charge on any atom is -0.392 e. The van der Waals surface area contributed by atoms with Crippen molar-refractivity contribution in [2.75, 3.05) is 0 Å². The molecule has 0 radical (unpaired) electrons. The molecule has 1 unspecified atom stereocenters. The van der Waals surface area contributed by atoms with Crippen molar-refractivity contribution in [3.63, 3.8) is 0 Å². The molecule has 0 aliphatic heterocycles. The van der Waals surface area contributed by atoms with E-state index in [1.54, 1.807) is 0 Å². The summed E-state index contributed by atoms with van der Waals surface area (Å²) in [6.07, 6.45) is -0.151. The molecule has 1 fully saturated rings. The van der Waals surface area contributed by atoms with Crippen LogP contribution in [0.4, 0.5) is 0 Å². The predicted octanol–water partition coefficient (Wildman–Crippen LogP) is 3.76. The normalized spacial score (nSPS) is 39.0. The summed E-state index contributed by atoms with van der Waals surface area (Å²) < 4.78 is 0. The first-order chi connectivity index (χ1) is 6.47. The van der Waals surface area contributed by atoms with Crippen molar-refractivity contribution < 1.29 is 5.11 Å². The van der Waals surface area contributed by atoms with Gasteiger partial charge in [-0.25, -0.2) is 0 Å². The van der Waals surface area contributed by atoms with Crippen LogP contribution in [0.1, 0.15) is 34.6 Å². The molecule has 90 valence electrons. The van der Waals surface area contributed by atoms with E-state index < -0.39 is 8.07 Å². The summed E-state index contributed by atoms with van der Waals surface area (Å²) >= 11 is 0. The fourth-order valence-corrected chi connectivity index (χ4v) is 8.20. The van der Waals surface area contributed by atoms with Crippen LogP contribution in [0, 0.1) is 17.3 Å².